The second-order valence-electron chi connectivity index (χ2n) is 6.81. The third kappa shape index (κ3) is 3.65. The van der Waals surface area contributed by atoms with Crippen molar-refractivity contribution in [2.75, 3.05) is 12.0 Å². The van der Waals surface area contributed by atoms with Crippen LogP contribution in [0.3, 0.4) is 0 Å². The van der Waals surface area contributed by atoms with Gasteiger partial charge in [0.25, 0.3) is 11.8 Å². The van der Waals surface area contributed by atoms with Gasteiger partial charge >= 0.3 is 0 Å². The summed E-state index contributed by atoms with van der Waals surface area (Å²) in [6, 6.07) is 12.9. The van der Waals surface area contributed by atoms with Gasteiger partial charge in [-0.25, -0.2) is 4.90 Å². The number of thioether (sulfide) groups is 1. The van der Waals surface area contributed by atoms with Crippen LogP contribution in [0.5, 0.6) is 5.75 Å². The number of carbonyl (C=O) groups excluding carboxylic acids is 2. The molecule has 0 aromatic heterocycles. The van der Waals surface area contributed by atoms with Crippen LogP contribution in [0.15, 0.2) is 47.4 Å². The van der Waals surface area contributed by atoms with E-state index in [0.717, 1.165) is 16.7 Å². The van der Waals surface area contributed by atoms with Crippen LogP contribution in [0, 0.1) is 13.8 Å². The van der Waals surface area contributed by atoms with Gasteiger partial charge < -0.3 is 4.74 Å². The molecule has 140 valence electrons. The average molecular weight is 381 g/mol. The van der Waals surface area contributed by atoms with Gasteiger partial charge in [-0.15, -0.1) is 11.8 Å². The molecule has 0 bridgehead atoms. The first-order valence-corrected chi connectivity index (χ1v) is 9.73. The van der Waals surface area contributed by atoms with Crippen LogP contribution in [0.2, 0.25) is 0 Å². The summed E-state index contributed by atoms with van der Waals surface area (Å²) in [6.45, 7) is 8.01. The van der Waals surface area contributed by atoms with Crippen molar-refractivity contribution in [3.63, 3.8) is 0 Å². The Labute approximate surface area is 164 Å². The molecule has 2 amide bonds. The zero-order chi connectivity index (χ0) is 19.7. The number of methoxy groups -OCH3 is 1. The van der Waals surface area contributed by atoms with Gasteiger partial charge in [0.1, 0.15) is 5.75 Å². The van der Waals surface area contributed by atoms with Gasteiger partial charge in [0.05, 0.1) is 23.3 Å². The predicted molar refractivity (Wildman–Crippen MR) is 111 cm³/mol. The number of nitrogens with zero attached hydrogens (tertiary/aromatic N) is 1. The first-order valence-electron chi connectivity index (χ1n) is 8.85. The van der Waals surface area contributed by atoms with Gasteiger partial charge in [0, 0.05) is 5.25 Å². The SMILES string of the molecule is COc1ccc(C2=C(SC(C)C)C(=O)N(c3ccc(C)c(C)c3)C2=O)cc1. The highest BCUT2D eigenvalue weighted by molar-refractivity contribution is 8.04. The van der Waals surface area contributed by atoms with E-state index in [1.165, 1.54) is 16.7 Å². The van der Waals surface area contributed by atoms with Gasteiger partial charge in [0.15, 0.2) is 0 Å². The highest BCUT2D eigenvalue weighted by atomic mass is 32.2. The van der Waals surface area contributed by atoms with Gasteiger partial charge in [-0.3, -0.25) is 9.59 Å². The highest BCUT2D eigenvalue weighted by Gasteiger charge is 2.40. The molecule has 1 aliphatic rings. The number of imide groups is 1. The Morgan fingerprint density at radius 2 is 1.59 bits per heavy atom. The number of carbonyl (C=O) groups is 2. The molecule has 0 radical (unpaired) electrons. The normalized spacial score (nSPS) is 14.5. The van der Waals surface area contributed by atoms with Crippen molar-refractivity contribution in [1.82, 2.24) is 0 Å². The van der Waals surface area contributed by atoms with E-state index < -0.39 is 0 Å². The number of ether oxygens (including phenoxy) is 1. The molecular weight excluding hydrogens is 358 g/mol. The first-order chi connectivity index (χ1) is 12.8. The minimum atomic E-state index is -0.281. The second kappa shape index (κ2) is 7.61. The van der Waals surface area contributed by atoms with Crippen LogP contribution >= 0.6 is 11.8 Å². The van der Waals surface area contributed by atoms with Crippen molar-refractivity contribution in [1.29, 1.82) is 0 Å². The summed E-state index contributed by atoms with van der Waals surface area (Å²) < 4.78 is 5.20. The molecule has 2 aromatic rings. The lowest BCUT2D eigenvalue weighted by atomic mass is 10.1. The molecule has 0 saturated carbocycles. The van der Waals surface area contributed by atoms with Crippen LogP contribution < -0.4 is 9.64 Å². The lowest BCUT2D eigenvalue weighted by Crippen LogP contribution is -2.31. The molecule has 0 atom stereocenters. The number of benzene rings is 2. The van der Waals surface area contributed by atoms with E-state index in [9.17, 15) is 9.59 Å². The van der Waals surface area contributed by atoms with Crippen molar-refractivity contribution < 1.29 is 14.3 Å². The first kappa shape index (κ1) is 19.2. The van der Waals surface area contributed by atoms with E-state index in [0.29, 0.717) is 21.9 Å². The Balaban J connectivity index is 2.09. The lowest BCUT2D eigenvalue weighted by molar-refractivity contribution is -0.119. The second-order valence-corrected chi connectivity index (χ2v) is 8.40. The molecule has 0 N–H and O–H groups in total. The summed E-state index contributed by atoms with van der Waals surface area (Å²) in [5, 5.41) is 0.185. The highest BCUT2D eigenvalue weighted by Crippen LogP contribution is 2.40. The zero-order valence-corrected chi connectivity index (χ0v) is 17.0. The Hall–Kier alpha value is -2.53. The van der Waals surface area contributed by atoms with Crippen molar-refractivity contribution in [3.8, 4) is 5.75 Å². The summed E-state index contributed by atoms with van der Waals surface area (Å²) in [5.41, 5.74) is 3.96. The summed E-state index contributed by atoms with van der Waals surface area (Å²) in [4.78, 5) is 28.2. The standard InChI is InChI=1S/C22H23NO3S/c1-13(2)27-20-19(16-7-10-18(26-5)11-8-16)21(24)23(22(20)25)17-9-6-14(3)15(4)12-17/h6-13H,1-5H3. The molecular formula is C22H23NO3S. The van der Waals surface area contributed by atoms with E-state index in [1.54, 1.807) is 19.2 Å². The Morgan fingerprint density at radius 1 is 0.926 bits per heavy atom. The van der Waals surface area contributed by atoms with Crippen molar-refractivity contribution >= 4 is 34.8 Å². The monoisotopic (exact) mass is 381 g/mol. The Bertz CT molecular complexity index is 929. The number of hydrogen-bond donors (Lipinski definition) is 0. The molecule has 5 heteroatoms. The lowest BCUT2D eigenvalue weighted by Gasteiger charge is -2.17. The van der Waals surface area contributed by atoms with E-state index in [-0.39, 0.29) is 17.1 Å². The maximum Gasteiger partial charge on any atom is 0.272 e. The molecule has 2 aromatic carbocycles. The number of anilines is 1. The molecule has 27 heavy (non-hydrogen) atoms. The van der Waals surface area contributed by atoms with Gasteiger partial charge in [-0.1, -0.05) is 32.0 Å². The zero-order valence-electron chi connectivity index (χ0n) is 16.2. The fraction of sp³-hybridized carbons (Fsp3) is 0.273. The van der Waals surface area contributed by atoms with Gasteiger partial charge in [0.2, 0.25) is 0 Å². The maximum absolute atomic E-state index is 13.3. The third-order valence-electron chi connectivity index (χ3n) is 4.52. The van der Waals surface area contributed by atoms with E-state index in [4.69, 9.17) is 4.74 Å². The van der Waals surface area contributed by atoms with Gasteiger partial charge in [-0.05, 0) is 54.8 Å². The molecule has 0 fully saturated rings. The van der Waals surface area contributed by atoms with E-state index in [1.807, 2.05) is 58.0 Å². The number of rotatable bonds is 5. The molecule has 4 nitrogen and oxygen atoms in total. The molecule has 1 aliphatic heterocycles. The molecule has 0 spiro atoms. The minimum absolute atomic E-state index is 0.185. The van der Waals surface area contributed by atoms with Crippen molar-refractivity contribution in [2.45, 2.75) is 32.9 Å². The largest absolute Gasteiger partial charge is 0.497 e. The minimum Gasteiger partial charge on any atom is -0.497 e. The predicted octanol–water partition coefficient (Wildman–Crippen LogP) is 4.74. The summed E-state index contributed by atoms with van der Waals surface area (Å²) in [5.74, 6) is 0.171. The number of amides is 2. The molecule has 3 rings (SSSR count). The smallest absolute Gasteiger partial charge is 0.272 e. The third-order valence-corrected chi connectivity index (χ3v) is 5.61. The van der Waals surface area contributed by atoms with Crippen molar-refractivity contribution in [2.24, 2.45) is 0 Å². The van der Waals surface area contributed by atoms with Crippen molar-refractivity contribution in [3.05, 3.63) is 64.1 Å². The van der Waals surface area contributed by atoms with Crippen LogP contribution in [0.4, 0.5) is 5.69 Å². The summed E-state index contributed by atoms with van der Waals surface area (Å²) in [6.07, 6.45) is 0. The quantitative estimate of drug-likeness (QED) is 0.702. The molecule has 0 saturated heterocycles. The fourth-order valence-corrected chi connectivity index (χ4v) is 3.95. The average Bonchev–Trinajstić information content (AvgIpc) is 2.87. The Kier molecular flexibility index (Phi) is 5.42. The summed E-state index contributed by atoms with van der Waals surface area (Å²) in [7, 11) is 1.60. The molecule has 0 aliphatic carbocycles. The van der Waals surface area contributed by atoms with E-state index >= 15 is 0 Å². The van der Waals surface area contributed by atoms with Crippen LogP contribution in [-0.2, 0) is 9.59 Å². The van der Waals surface area contributed by atoms with Gasteiger partial charge in [-0.2, -0.15) is 0 Å². The number of hydrogen-bond acceptors (Lipinski definition) is 4. The molecule has 0 unspecified atom stereocenters. The Morgan fingerprint density at radius 3 is 2.15 bits per heavy atom. The van der Waals surface area contributed by atoms with Crippen LogP contribution in [0.1, 0.15) is 30.5 Å². The van der Waals surface area contributed by atoms with Crippen LogP contribution in [0.25, 0.3) is 5.57 Å². The van der Waals surface area contributed by atoms with E-state index in [2.05, 4.69) is 0 Å². The van der Waals surface area contributed by atoms with Crippen LogP contribution in [-0.4, -0.2) is 24.2 Å². The summed E-state index contributed by atoms with van der Waals surface area (Å²) >= 11 is 1.43. The fourth-order valence-electron chi connectivity index (χ4n) is 2.97. The topological polar surface area (TPSA) is 46.6 Å². The maximum atomic E-state index is 13.3. The molecule has 1 heterocycles. The number of aryl methyl sites for hydroxylation is 2.